The molecule has 0 aliphatic carbocycles. The maximum atomic E-state index is 12.9. The minimum atomic E-state index is -0.0836. The molecule has 1 aromatic heterocycles. The average molecular weight is 364 g/mol. The van der Waals surface area contributed by atoms with E-state index in [-0.39, 0.29) is 11.8 Å². The van der Waals surface area contributed by atoms with Crippen molar-refractivity contribution in [2.45, 2.75) is 44.6 Å². The standard InChI is InChI=1S/C22H28N4O/c1-16(17-6-4-3-5-7-17)22(27)26-12-8-18(9-13-26)21-23-14-19-15-25(2)11-10-20(19)24-21/h3-7,14,16,18H,8-13,15H2,1-2H3/t16-/m0/s1. The van der Waals surface area contributed by atoms with Gasteiger partial charge >= 0.3 is 0 Å². The molecule has 1 amide bonds. The Morgan fingerprint density at radius 1 is 1.15 bits per heavy atom. The molecule has 0 N–H and O–H groups in total. The lowest BCUT2D eigenvalue weighted by atomic mass is 9.93. The number of hydrogen-bond donors (Lipinski definition) is 0. The Balaban J connectivity index is 1.38. The Labute approximate surface area is 161 Å². The Kier molecular flexibility index (Phi) is 5.21. The first-order valence-corrected chi connectivity index (χ1v) is 9.99. The lowest BCUT2D eigenvalue weighted by molar-refractivity contribution is -0.133. The molecule has 0 bridgehead atoms. The molecular weight excluding hydrogens is 336 g/mol. The normalized spacial score (nSPS) is 19.6. The molecule has 1 saturated heterocycles. The zero-order valence-corrected chi connectivity index (χ0v) is 16.3. The third kappa shape index (κ3) is 3.88. The molecule has 0 radical (unpaired) electrons. The highest BCUT2D eigenvalue weighted by Crippen LogP contribution is 2.29. The summed E-state index contributed by atoms with van der Waals surface area (Å²) in [6, 6.07) is 10.1. The summed E-state index contributed by atoms with van der Waals surface area (Å²) in [5, 5.41) is 0. The van der Waals surface area contributed by atoms with Crippen molar-refractivity contribution in [3.63, 3.8) is 0 Å². The molecule has 1 aromatic carbocycles. The van der Waals surface area contributed by atoms with Crippen LogP contribution in [0.2, 0.25) is 0 Å². The van der Waals surface area contributed by atoms with Gasteiger partial charge in [-0.1, -0.05) is 30.3 Å². The second-order valence-corrected chi connectivity index (χ2v) is 7.92. The van der Waals surface area contributed by atoms with Crippen molar-refractivity contribution in [2.24, 2.45) is 0 Å². The van der Waals surface area contributed by atoms with Crippen LogP contribution >= 0.6 is 0 Å². The molecule has 1 fully saturated rings. The van der Waals surface area contributed by atoms with Gasteiger partial charge in [-0.15, -0.1) is 0 Å². The molecule has 0 unspecified atom stereocenters. The van der Waals surface area contributed by atoms with Crippen LogP contribution in [0.5, 0.6) is 0 Å². The van der Waals surface area contributed by atoms with E-state index in [0.717, 1.165) is 56.8 Å². The molecule has 4 rings (SSSR count). The topological polar surface area (TPSA) is 49.3 Å². The highest BCUT2D eigenvalue weighted by molar-refractivity contribution is 5.83. The number of nitrogens with zero attached hydrogens (tertiary/aromatic N) is 4. The van der Waals surface area contributed by atoms with Crippen LogP contribution in [0.3, 0.4) is 0 Å². The minimum Gasteiger partial charge on any atom is -0.342 e. The van der Waals surface area contributed by atoms with E-state index in [1.165, 1.54) is 11.3 Å². The van der Waals surface area contributed by atoms with Crippen molar-refractivity contribution < 1.29 is 4.79 Å². The first kappa shape index (κ1) is 18.1. The number of likely N-dealkylation sites (tertiary alicyclic amines) is 1. The summed E-state index contributed by atoms with van der Waals surface area (Å²) in [6.45, 7) is 5.61. The summed E-state index contributed by atoms with van der Waals surface area (Å²) < 4.78 is 0. The molecule has 0 spiro atoms. The minimum absolute atomic E-state index is 0.0836. The Bertz CT molecular complexity index is 799. The number of carbonyl (C=O) groups is 1. The predicted octanol–water partition coefficient (Wildman–Crippen LogP) is 2.97. The van der Waals surface area contributed by atoms with Crippen LogP contribution in [0.1, 0.15) is 54.2 Å². The van der Waals surface area contributed by atoms with Gasteiger partial charge in [-0.2, -0.15) is 0 Å². The van der Waals surface area contributed by atoms with Gasteiger partial charge in [0.25, 0.3) is 0 Å². The summed E-state index contributed by atoms with van der Waals surface area (Å²) in [4.78, 5) is 26.7. The third-order valence-corrected chi connectivity index (χ3v) is 5.99. The number of fused-ring (bicyclic) bond motifs is 1. The summed E-state index contributed by atoms with van der Waals surface area (Å²) in [5.74, 6) is 1.49. The van der Waals surface area contributed by atoms with Gasteiger partial charge in [0.05, 0.1) is 5.92 Å². The van der Waals surface area contributed by atoms with Crippen molar-refractivity contribution in [3.8, 4) is 0 Å². The summed E-state index contributed by atoms with van der Waals surface area (Å²) in [6.07, 6.45) is 4.92. The quantitative estimate of drug-likeness (QED) is 0.840. The van der Waals surface area contributed by atoms with E-state index in [4.69, 9.17) is 4.98 Å². The number of rotatable bonds is 3. The molecular formula is C22H28N4O. The molecule has 5 nitrogen and oxygen atoms in total. The van der Waals surface area contributed by atoms with Crippen molar-refractivity contribution >= 4 is 5.91 Å². The molecule has 5 heteroatoms. The Morgan fingerprint density at radius 3 is 2.63 bits per heavy atom. The second-order valence-electron chi connectivity index (χ2n) is 7.92. The predicted molar refractivity (Wildman–Crippen MR) is 105 cm³/mol. The number of carbonyl (C=O) groups excluding carboxylic acids is 1. The molecule has 2 aliphatic rings. The van der Waals surface area contributed by atoms with Crippen molar-refractivity contribution in [2.75, 3.05) is 26.7 Å². The molecule has 2 aromatic rings. The van der Waals surface area contributed by atoms with E-state index in [1.807, 2.05) is 48.4 Å². The Morgan fingerprint density at radius 2 is 1.89 bits per heavy atom. The average Bonchev–Trinajstić information content (AvgIpc) is 2.73. The van der Waals surface area contributed by atoms with Crippen molar-refractivity contribution in [3.05, 3.63) is 59.2 Å². The number of piperidine rings is 1. The van der Waals surface area contributed by atoms with Gasteiger partial charge < -0.3 is 9.80 Å². The first-order valence-electron chi connectivity index (χ1n) is 9.99. The lowest BCUT2D eigenvalue weighted by Crippen LogP contribution is -2.40. The van der Waals surface area contributed by atoms with Crippen LogP contribution in [0.25, 0.3) is 0 Å². The number of aromatic nitrogens is 2. The highest BCUT2D eigenvalue weighted by atomic mass is 16.2. The van der Waals surface area contributed by atoms with Crippen molar-refractivity contribution in [1.82, 2.24) is 19.8 Å². The van der Waals surface area contributed by atoms with Crippen LogP contribution in [-0.2, 0) is 17.8 Å². The van der Waals surface area contributed by atoms with E-state index >= 15 is 0 Å². The van der Waals surface area contributed by atoms with E-state index in [0.29, 0.717) is 5.92 Å². The fraction of sp³-hybridized carbons (Fsp3) is 0.500. The number of benzene rings is 1. The monoisotopic (exact) mass is 364 g/mol. The SMILES string of the molecule is C[C@H](C(=O)N1CCC(c2ncc3c(n2)CCN(C)C3)CC1)c1ccccc1. The zero-order valence-electron chi connectivity index (χ0n) is 16.3. The van der Waals surface area contributed by atoms with Gasteiger partial charge in [0, 0.05) is 56.0 Å². The molecule has 1 atom stereocenters. The lowest BCUT2D eigenvalue weighted by Gasteiger charge is -2.33. The van der Waals surface area contributed by atoms with Crippen LogP contribution in [0.4, 0.5) is 0 Å². The molecule has 2 aliphatic heterocycles. The van der Waals surface area contributed by atoms with Gasteiger partial charge in [0.2, 0.25) is 5.91 Å². The maximum absolute atomic E-state index is 12.9. The molecule has 3 heterocycles. The van der Waals surface area contributed by atoms with E-state index in [2.05, 4.69) is 16.9 Å². The largest absolute Gasteiger partial charge is 0.342 e. The number of likely N-dealkylation sites (N-methyl/N-ethyl adjacent to an activating group) is 1. The summed E-state index contributed by atoms with van der Waals surface area (Å²) in [5.41, 5.74) is 3.57. The fourth-order valence-corrected chi connectivity index (χ4v) is 4.19. The van der Waals surface area contributed by atoms with Crippen molar-refractivity contribution in [1.29, 1.82) is 0 Å². The fourth-order valence-electron chi connectivity index (χ4n) is 4.19. The molecule has 142 valence electrons. The number of hydrogen-bond acceptors (Lipinski definition) is 4. The molecule has 0 saturated carbocycles. The van der Waals surface area contributed by atoms with Crippen LogP contribution in [-0.4, -0.2) is 52.4 Å². The van der Waals surface area contributed by atoms with Crippen LogP contribution in [0.15, 0.2) is 36.5 Å². The smallest absolute Gasteiger partial charge is 0.229 e. The van der Waals surface area contributed by atoms with Gasteiger partial charge in [-0.05, 0) is 32.4 Å². The molecule has 27 heavy (non-hydrogen) atoms. The van der Waals surface area contributed by atoms with Crippen LogP contribution < -0.4 is 0 Å². The van der Waals surface area contributed by atoms with Gasteiger partial charge in [-0.25, -0.2) is 9.97 Å². The van der Waals surface area contributed by atoms with Gasteiger partial charge in [0.15, 0.2) is 0 Å². The number of amides is 1. The van der Waals surface area contributed by atoms with Gasteiger partial charge in [-0.3, -0.25) is 4.79 Å². The second kappa shape index (κ2) is 7.77. The summed E-state index contributed by atoms with van der Waals surface area (Å²) in [7, 11) is 2.14. The van der Waals surface area contributed by atoms with Gasteiger partial charge in [0.1, 0.15) is 5.82 Å². The van der Waals surface area contributed by atoms with E-state index in [9.17, 15) is 4.79 Å². The first-order chi connectivity index (χ1) is 13.1. The van der Waals surface area contributed by atoms with E-state index < -0.39 is 0 Å². The highest BCUT2D eigenvalue weighted by Gasteiger charge is 2.29. The summed E-state index contributed by atoms with van der Waals surface area (Å²) >= 11 is 0. The van der Waals surface area contributed by atoms with E-state index in [1.54, 1.807) is 0 Å². The third-order valence-electron chi connectivity index (χ3n) is 5.99. The zero-order chi connectivity index (χ0) is 18.8. The Hall–Kier alpha value is -2.27. The maximum Gasteiger partial charge on any atom is 0.229 e. The van der Waals surface area contributed by atoms with Crippen LogP contribution in [0, 0.1) is 0 Å².